The quantitative estimate of drug-likeness (QED) is 0.547. The van der Waals surface area contributed by atoms with Gasteiger partial charge in [0.2, 0.25) is 5.92 Å². The van der Waals surface area contributed by atoms with Gasteiger partial charge < -0.3 is 0 Å². The maximum absolute atomic E-state index is 14.1. The average molecular weight is 194 g/mol. The van der Waals surface area contributed by atoms with Crippen LogP contribution in [-0.2, 0) is 0 Å². The molecule has 1 aliphatic carbocycles. The SMILES string of the molecule is CC(C)(C)C1(F)CCC(F)(F)CC1. The number of alkyl halides is 3. The minimum Gasteiger partial charge on any atom is -0.243 e. The summed E-state index contributed by atoms with van der Waals surface area (Å²) in [7, 11) is 0. The fraction of sp³-hybridized carbons (Fsp3) is 1.00. The lowest BCUT2D eigenvalue weighted by atomic mass is 9.69. The first-order valence-corrected chi connectivity index (χ1v) is 4.73. The Labute approximate surface area is 77.5 Å². The molecule has 0 heterocycles. The zero-order chi connectivity index (χ0) is 10.3. The lowest BCUT2D eigenvalue weighted by Gasteiger charge is -2.42. The van der Waals surface area contributed by atoms with Crippen LogP contribution in [0.1, 0.15) is 46.5 Å². The molecule has 0 N–H and O–H groups in total. The molecule has 0 saturated heterocycles. The van der Waals surface area contributed by atoms with Crippen molar-refractivity contribution < 1.29 is 13.2 Å². The van der Waals surface area contributed by atoms with Gasteiger partial charge in [0.05, 0.1) is 0 Å². The van der Waals surface area contributed by atoms with E-state index in [0.717, 1.165) is 0 Å². The van der Waals surface area contributed by atoms with Gasteiger partial charge in [0.15, 0.2) is 0 Å². The highest BCUT2D eigenvalue weighted by Crippen LogP contribution is 2.49. The lowest BCUT2D eigenvalue weighted by molar-refractivity contribution is -0.106. The van der Waals surface area contributed by atoms with E-state index in [9.17, 15) is 13.2 Å². The maximum atomic E-state index is 14.1. The average Bonchev–Trinajstić information content (AvgIpc) is 1.94. The van der Waals surface area contributed by atoms with E-state index >= 15 is 0 Å². The Morgan fingerprint density at radius 3 is 1.54 bits per heavy atom. The molecule has 3 heteroatoms. The van der Waals surface area contributed by atoms with E-state index in [2.05, 4.69) is 0 Å². The van der Waals surface area contributed by atoms with Gasteiger partial charge in [-0.25, -0.2) is 13.2 Å². The van der Waals surface area contributed by atoms with E-state index in [4.69, 9.17) is 0 Å². The minimum atomic E-state index is -2.64. The third-order valence-corrected chi connectivity index (χ3v) is 3.12. The zero-order valence-electron chi connectivity index (χ0n) is 8.46. The smallest absolute Gasteiger partial charge is 0.243 e. The van der Waals surface area contributed by atoms with Gasteiger partial charge in [-0.15, -0.1) is 0 Å². The highest BCUT2D eigenvalue weighted by molar-refractivity contribution is 4.96. The van der Waals surface area contributed by atoms with Gasteiger partial charge in [-0.3, -0.25) is 0 Å². The van der Waals surface area contributed by atoms with Crippen LogP contribution in [0.5, 0.6) is 0 Å². The van der Waals surface area contributed by atoms with Crippen LogP contribution in [0.15, 0.2) is 0 Å². The van der Waals surface area contributed by atoms with Crippen LogP contribution in [0.4, 0.5) is 13.2 Å². The van der Waals surface area contributed by atoms with E-state index < -0.39 is 17.0 Å². The summed E-state index contributed by atoms with van der Waals surface area (Å²) < 4.78 is 39.6. The topological polar surface area (TPSA) is 0 Å². The van der Waals surface area contributed by atoms with Crippen molar-refractivity contribution >= 4 is 0 Å². The first-order valence-electron chi connectivity index (χ1n) is 4.73. The molecule has 0 bridgehead atoms. The van der Waals surface area contributed by atoms with Gasteiger partial charge in [-0.1, -0.05) is 20.8 Å². The standard InChI is InChI=1S/C10H17F3/c1-8(2,3)9(11)4-6-10(12,13)7-5-9/h4-7H2,1-3H3. The van der Waals surface area contributed by atoms with Crippen LogP contribution in [0.2, 0.25) is 0 Å². The first-order chi connectivity index (χ1) is 5.66. The van der Waals surface area contributed by atoms with Crippen LogP contribution in [-0.4, -0.2) is 11.6 Å². The molecular weight excluding hydrogens is 177 g/mol. The van der Waals surface area contributed by atoms with E-state index in [1.165, 1.54) is 0 Å². The molecule has 78 valence electrons. The largest absolute Gasteiger partial charge is 0.248 e. The van der Waals surface area contributed by atoms with Crippen molar-refractivity contribution in [2.45, 2.75) is 58.0 Å². The molecule has 0 unspecified atom stereocenters. The number of hydrogen-bond donors (Lipinski definition) is 0. The Balaban J connectivity index is 2.68. The molecule has 1 saturated carbocycles. The molecule has 1 fully saturated rings. The second kappa shape index (κ2) is 2.89. The Hall–Kier alpha value is -0.210. The first kappa shape index (κ1) is 10.9. The fourth-order valence-corrected chi connectivity index (χ4v) is 1.76. The van der Waals surface area contributed by atoms with E-state index in [-0.39, 0.29) is 25.7 Å². The molecule has 0 atom stereocenters. The van der Waals surface area contributed by atoms with Crippen LogP contribution in [0, 0.1) is 5.41 Å². The molecule has 13 heavy (non-hydrogen) atoms. The molecule has 0 nitrogen and oxygen atoms in total. The second-order valence-electron chi connectivity index (χ2n) is 5.07. The van der Waals surface area contributed by atoms with Crippen molar-refractivity contribution in [2.24, 2.45) is 5.41 Å². The molecular formula is C10H17F3. The Morgan fingerprint density at radius 1 is 0.846 bits per heavy atom. The molecule has 0 aliphatic heterocycles. The van der Waals surface area contributed by atoms with Crippen LogP contribution in [0.25, 0.3) is 0 Å². The highest BCUT2D eigenvalue weighted by Gasteiger charge is 2.49. The highest BCUT2D eigenvalue weighted by atomic mass is 19.3. The van der Waals surface area contributed by atoms with E-state index in [1.54, 1.807) is 20.8 Å². The van der Waals surface area contributed by atoms with Gasteiger partial charge in [-0.2, -0.15) is 0 Å². The number of hydrogen-bond acceptors (Lipinski definition) is 0. The van der Waals surface area contributed by atoms with Crippen molar-refractivity contribution in [1.29, 1.82) is 0 Å². The van der Waals surface area contributed by atoms with E-state index in [1.807, 2.05) is 0 Å². The van der Waals surface area contributed by atoms with Gasteiger partial charge in [0, 0.05) is 12.8 Å². The van der Waals surface area contributed by atoms with Gasteiger partial charge in [0.1, 0.15) is 5.67 Å². The van der Waals surface area contributed by atoms with Gasteiger partial charge in [-0.05, 0) is 18.3 Å². The molecule has 1 rings (SSSR count). The van der Waals surface area contributed by atoms with Crippen molar-refractivity contribution in [2.75, 3.05) is 0 Å². The van der Waals surface area contributed by atoms with Crippen LogP contribution in [0.3, 0.4) is 0 Å². The monoisotopic (exact) mass is 194 g/mol. The van der Waals surface area contributed by atoms with Gasteiger partial charge >= 0.3 is 0 Å². The summed E-state index contributed by atoms with van der Waals surface area (Å²) in [4.78, 5) is 0. The molecule has 0 radical (unpaired) electrons. The maximum Gasteiger partial charge on any atom is 0.248 e. The van der Waals surface area contributed by atoms with Crippen molar-refractivity contribution in [3.63, 3.8) is 0 Å². The Bertz CT molecular complexity index is 181. The van der Waals surface area contributed by atoms with Crippen molar-refractivity contribution in [3.05, 3.63) is 0 Å². The number of halogens is 3. The lowest BCUT2D eigenvalue weighted by Crippen LogP contribution is -2.44. The summed E-state index contributed by atoms with van der Waals surface area (Å²) in [6.07, 6.45) is -0.630. The minimum absolute atomic E-state index is 0.0104. The predicted molar refractivity (Wildman–Crippen MR) is 46.7 cm³/mol. The zero-order valence-corrected chi connectivity index (χ0v) is 8.46. The molecule has 0 aromatic heterocycles. The van der Waals surface area contributed by atoms with Crippen LogP contribution >= 0.6 is 0 Å². The summed E-state index contributed by atoms with van der Waals surface area (Å²) in [6.45, 7) is 5.32. The summed E-state index contributed by atoms with van der Waals surface area (Å²) >= 11 is 0. The second-order valence-corrected chi connectivity index (χ2v) is 5.07. The summed E-state index contributed by atoms with van der Waals surface area (Å²) in [6, 6.07) is 0. The summed E-state index contributed by atoms with van der Waals surface area (Å²) in [5.41, 5.74) is -1.93. The molecule has 0 spiro atoms. The number of rotatable bonds is 0. The normalized spacial score (nSPS) is 27.2. The van der Waals surface area contributed by atoms with E-state index in [0.29, 0.717) is 0 Å². The predicted octanol–water partition coefficient (Wildman–Crippen LogP) is 3.95. The molecule has 1 aliphatic rings. The molecule has 0 aromatic rings. The Kier molecular flexibility index (Phi) is 2.42. The van der Waals surface area contributed by atoms with Crippen molar-refractivity contribution in [3.8, 4) is 0 Å². The Morgan fingerprint density at radius 2 is 1.23 bits per heavy atom. The third kappa shape index (κ3) is 2.18. The fourth-order valence-electron chi connectivity index (χ4n) is 1.76. The molecule has 0 amide bonds. The van der Waals surface area contributed by atoms with Crippen molar-refractivity contribution in [1.82, 2.24) is 0 Å². The summed E-state index contributed by atoms with van der Waals surface area (Å²) in [5, 5.41) is 0. The van der Waals surface area contributed by atoms with Gasteiger partial charge in [0.25, 0.3) is 0 Å². The third-order valence-electron chi connectivity index (χ3n) is 3.12. The molecule has 0 aromatic carbocycles. The van der Waals surface area contributed by atoms with Crippen LogP contribution < -0.4 is 0 Å². The summed E-state index contributed by atoms with van der Waals surface area (Å²) in [5.74, 6) is -2.64.